The van der Waals surface area contributed by atoms with Crippen molar-refractivity contribution in [1.82, 2.24) is 4.98 Å². The fourth-order valence-corrected chi connectivity index (χ4v) is 3.08. The second-order valence-electron chi connectivity index (χ2n) is 4.19. The molecule has 0 spiro atoms. The van der Waals surface area contributed by atoms with E-state index >= 15 is 0 Å². The predicted molar refractivity (Wildman–Crippen MR) is 78.6 cm³/mol. The van der Waals surface area contributed by atoms with Gasteiger partial charge in [-0.15, -0.1) is 0 Å². The summed E-state index contributed by atoms with van der Waals surface area (Å²) >= 11 is 5.07. The molecule has 0 saturated carbocycles. The van der Waals surface area contributed by atoms with Crippen molar-refractivity contribution in [2.24, 2.45) is 0 Å². The largest absolute Gasteiger partial charge is 0.393 e. The Balaban J connectivity index is 2.25. The fourth-order valence-electron chi connectivity index (χ4n) is 1.77. The summed E-state index contributed by atoms with van der Waals surface area (Å²) in [6.07, 6.45) is -0.289. The van der Waals surface area contributed by atoms with E-state index in [2.05, 4.69) is 33.0 Å². The van der Waals surface area contributed by atoms with Gasteiger partial charge < -0.3 is 10.1 Å². The minimum Gasteiger partial charge on any atom is -0.393 e. The minimum absolute atomic E-state index is 0.289. The maximum absolute atomic E-state index is 9.21. The molecule has 3 nitrogen and oxygen atoms in total. The number of halogens is 1. The van der Waals surface area contributed by atoms with Crippen LogP contribution in [0.4, 0.5) is 0 Å². The molecule has 0 radical (unpaired) electrons. The number of aromatic amines is 1. The lowest BCUT2D eigenvalue weighted by Crippen LogP contribution is -2.02. The summed E-state index contributed by atoms with van der Waals surface area (Å²) in [5.41, 5.74) is 2.60. The van der Waals surface area contributed by atoms with Crippen molar-refractivity contribution in [3.05, 3.63) is 33.9 Å². The zero-order valence-corrected chi connectivity index (χ0v) is 12.3. The van der Waals surface area contributed by atoms with E-state index in [-0.39, 0.29) is 6.10 Å². The van der Waals surface area contributed by atoms with Crippen molar-refractivity contribution in [2.75, 3.05) is 5.75 Å². The Morgan fingerprint density at radius 3 is 2.94 bits per heavy atom. The lowest BCUT2D eigenvalue weighted by atomic mass is 10.2. The molecule has 0 fully saturated rings. The number of hydrogen-bond donors (Lipinski definition) is 2. The van der Waals surface area contributed by atoms with Gasteiger partial charge in [-0.1, -0.05) is 15.9 Å². The highest BCUT2D eigenvalue weighted by molar-refractivity contribution is 9.10. The fraction of sp³-hybridized carbons (Fsp3) is 0.308. The molecule has 2 N–H and O–H groups in total. The predicted octanol–water partition coefficient (Wildman–Crippen LogP) is 3.42. The number of aliphatic hydroxyl groups excluding tert-OH is 1. The van der Waals surface area contributed by atoms with E-state index in [4.69, 9.17) is 5.26 Å². The number of thioether (sulfide) groups is 1. The minimum atomic E-state index is -0.289. The highest BCUT2D eigenvalue weighted by Gasteiger charge is 2.07. The first-order valence-corrected chi connectivity index (χ1v) is 7.52. The Morgan fingerprint density at radius 1 is 1.50 bits per heavy atom. The number of nitrogens with one attached hydrogen (secondary N) is 1. The molecule has 94 valence electrons. The van der Waals surface area contributed by atoms with E-state index in [0.29, 0.717) is 11.3 Å². The summed E-state index contributed by atoms with van der Waals surface area (Å²) < 4.78 is 0.911. The average molecular weight is 325 g/mol. The van der Waals surface area contributed by atoms with Crippen molar-refractivity contribution in [3.63, 3.8) is 0 Å². The number of H-pyrrole nitrogens is 1. The molecule has 2 aromatic rings. The number of hydrogen-bond acceptors (Lipinski definition) is 3. The van der Waals surface area contributed by atoms with Gasteiger partial charge in [0.15, 0.2) is 0 Å². The van der Waals surface area contributed by atoms with Crippen LogP contribution in [0.15, 0.2) is 22.7 Å². The molecule has 0 saturated heterocycles. The lowest BCUT2D eigenvalue weighted by Gasteiger charge is -2.01. The first-order chi connectivity index (χ1) is 8.60. The summed E-state index contributed by atoms with van der Waals surface area (Å²) in [6, 6.07) is 8.05. The molecule has 0 amide bonds. The van der Waals surface area contributed by atoms with Crippen LogP contribution in [-0.2, 0) is 5.75 Å². The molecule has 1 heterocycles. The van der Waals surface area contributed by atoms with Gasteiger partial charge in [-0.3, -0.25) is 0 Å². The van der Waals surface area contributed by atoms with Crippen molar-refractivity contribution >= 4 is 38.6 Å². The quantitative estimate of drug-likeness (QED) is 0.905. The van der Waals surface area contributed by atoms with Crippen LogP contribution in [0, 0.1) is 11.3 Å². The van der Waals surface area contributed by atoms with E-state index in [0.717, 1.165) is 26.8 Å². The number of aliphatic hydroxyl groups is 1. The molecular weight excluding hydrogens is 312 g/mol. The van der Waals surface area contributed by atoms with Crippen LogP contribution in [0.3, 0.4) is 0 Å². The van der Waals surface area contributed by atoms with Crippen LogP contribution in [-0.4, -0.2) is 21.9 Å². The number of nitrogens with zero attached hydrogens (tertiary/aromatic N) is 1. The van der Waals surface area contributed by atoms with E-state index < -0.39 is 0 Å². The van der Waals surface area contributed by atoms with Gasteiger partial charge in [0.25, 0.3) is 0 Å². The average Bonchev–Trinajstić information content (AvgIpc) is 2.69. The molecule has 5 heteroatoms. The number of fused-ring (bicyclic) bond motifs is 1. The Labute approximate surface area is 118 Å². The molecule has 0 aliphatic rings. The maximum atomic E-state index is 9.21. The Kier molecular flexibility index (Phi) is 4.33. The molecule has 1 unspecified atom stereocenters. The number of aromatic nitrogens is 1. The zero-order chi connectivity index (χ0) is 13.1. The number of rotatable bonds is 4. The van der Waals surface area contributed by atoms with E-state index in [9.17, 15) is 5.11 Å². The standard InChI is InChI=1S/C13H13BrN2OS/c1-8(17)6-18-7-12-4-9-2-11(14)3-10(5-15)13(9)16-12/h2-4,8,16-17H,6-7H2,1H3. The first-order valence-electron chi connectivity index (χ1n) is 5.57. The normalized spacial score (nSPS) is 12.6. The van der Waals surface area contributed by atoms with Crippen LogP contribution in [0.5, 0.6) is 0 Å². The van der Waals surface area contributed by atoms with E-state index in [1.807, 2.05) is 12.1 Å². The Morgan fingerprint density at radius 2 is 2.28 bits per heavy atom. The van der Waals surface area contributed by atoms with Crippen molar-refractivity contribution in [1.29, 1.82) is 5.26 Å². The van der Waals surface area contributed by atoms with Crippen LogP contribution in [0.25, 0.3) is 10.9 Å². The third kappa shape index (κ3) is 3.08. The second-order valence-corrected chi connectivity index (χ2v) is 6.13. The Bertz CT molecular complexity index is 601. The van der Waals surface area contributed by atoms with Gasteiger partial charge in [0.1, 0.15) is 6.07 Å². The highest BCUT2D eigenvalue weighted by atomic mass is 79.9. The second kappa shape index (κ2) is 5.79. The van der Waals surface area contributed by atoms with Crippen LogP contribution in [0.2, 0.25) is 0 Å². The third-order valence-electron chi connectivity index (χ3n) is 2.49. The first kappa shape index (κ1) is 13.5. The van der Waals surface area contributed by atoms with Crippen LogP contribution in [0.1, 0.15) is 18.2 Å². The van der Waals surface area contributed by atoms with Crippen molar-refractivity contribution in [2.45, 2.75) is 18.8 Å². The molecule has 0 bridgehead atoms. The van der Waals surface area contributed by atoms with Gasteiger partial charge in [-0.2, -0.15) is 17.0 Å². The molecule has 1 aromatic heterocycles. The third-order valence-corrected chi connectivity index (χ3v) is 4.18. The molecule has 1 aromatic carbocycles. The molecule has 1 atom stereocenters. The van der Waals surface area contributed by atoms with Crippen molar-refractivity contribution < 1.29 is 5.11 Å². The maximum Gasteiger partial charge on any atom is 0.101 e. The molecule has 18 heavy (non-hydrogen) atoms. The highest BCUT2D eigenvalue weighted by Crippen LogP contribution is 2.26. The van der Waals surface area contributed by atoms with Crippen LogP contribution < -0.4 is 0 Å². The van der Waals surface area contributed by atoms with Crippen LogP contribution >= 0.6 is 27.7 Å². The zero-order valence-electron chi connectivity index (χ0n) is 9.90. The van der Waals surface area contributed by atoms with Crippen molar-refractivity contribution in [3.8, 4) is 6.07 Å². The summed E-state index contributed by atoms with van der Waals surface area (Å²) in [5.74, 6) is 1.52. The number of nitriles is 1. The van der Waals surface area contributed by atoms with E-state index in [1.54, 1.807) is 18.7 Å². The number of benzene rings is 1. The van der Waals surface area contributed by atoms with E-state index in [1.165, 1.54) is 0 Å². The molecule has 0 aliphatic heterocycles. The molecular formula is C13H13BrN2OS. The molecule has 2 rings (SSSR count). The van der Waals surface area contributed by atoms with Gasteiger partial charge in [-0.25, -0.2) is 0 Å². The summed E-state index contributed by atoms with van der Waals surface area (Å²) in [4.78, 5) is 3.27. The van der Waals surface area contributed by atoms with Gasteiger partial charge in [0.05, 0.1) is 17.2 Å². The lowest BCUT2D eigenvalue weighted by molar-refractivity contribution is 0.220. The Hall–Kier alpha value is -0.960. The SMILES string of the molecule is CC(O)CSCc1cc2cc(Br)cc(C#N)c2[nH]1. The molecule has 0 aliphatic carbocycles. The van der Waals surface area contributed by atoms with Gasteiger partial charge in [0, 0.05) is 27.1 Å². The summed E-state index contributed by atoms with van der Waals surface area (Å²) in [5, 5.41) is 19.3. The monoisotopic (exact) mass is 324 g/mol. The van der Waals surface area contributed by atoms with Gasteiger partial charge in [0.2, 0.25) is 0 Å². The smallest absolute Gasteiger partial charge is 0.101 e. The summed E-state index contributed by atoms with van der Waals surface area (Å²) in [6.45, 7) is 1.78. The topological polar surface area (TPSA) is 59.8 Å². The van der Waals surface area contributed by atoms with Gasteiger partial charge in [-0.05, 0) is 25.1 Å². The summed E-state index contributed by atoms with van der Waals surface area (Å²) in [7, 11) is 0. The van der Waals surface area contributed by atoms with Gasteiger partial charge >= 0.3 is 0 Å².